The van der Waals surface area contributed by atoms with Crippen molar-refractivity contribution in [2.24, 2.45) is 5.92 Å². The first kappa shape index (κ1) is 4.59. The molecule has 0 unspecified atom stereocenters. The largest absolute Gasteiger partial charge is 0.273 e. The van der Waals surface area contributed by atoms with Gasteiger partial charge in [0, 0.05) is 0 Å². The number of hydrogen-bond acceptors (Lipinski definition) is 2. The summed E-state index contributed by atoms with van der Waals surface area (Å²) in [6.07, 6.45) is 0. The van der Waals surface area contributed by atoms with Gasteiger partial charge in [-0.3, -0.25) is 9.63 Å². The minimum atomic E-state index is -0.0139. The van der Waals surface area contributed by atoms with Crippen molar-refractivity contribution in [3.05, 3.63) is 0 Å². The highest BCUT2D eigenvalue weighted by Crippen LogP contribution is 2.00. The van der Waals surface area contributed by atoms with E-state index in [0.717, 1.165) is 0 Å². The molecule has 3 nitrogen and oxygen atoms in total. The maximum atomic E-state index is 10.3. The predicted molar refractivity (Wildman–Crippen MR) is 23.3 cm³/mol. The summed E-state index contributed by atoms with van der Waals surface area (Å²) in [5.41, 5.74) is 2.23. The average molecular weight is 101 g/mol. The van der Waals surface area contributed by atoms with Crippen molar-refractivity contribution in [1.29, 1.82) is 0 Å². The van der Waals surface area contributed by atoms with Crippen LogP contribution in [0.2, 0.25) is 0 Å². The van der Waals surface area contributed by atoms with Crippen LogP contribution in [0, 0.1) is 5.92 Å². The standard InChI is InChI=1S/C4H7NO2/c1-3-2-7-5-4(3)6/h3H,2H2,1H3,(H,5,6)/t3-/m1/s1. The molecule has 1 saturated heterocycles. The second-order valence-electron chi connectivity index (χ2n) is 1.68. The second kappa shape index (κ2) is 1.50. The molecule has 40 valence electrons. The van der Waals surface area contributed by atoms with Crippen molar-refractivity contribution < 1.29 is 9.63 Å². The average Bonchev–Trinajstić information content (AvgIpc) is 1.91. The van der Waals surface area contributed by atoms with Crippen LogP contribution in [-0.4, -0.2) is 12.5 Å². The maximum absolute atomic E-state index is 10.3. The topological polar surface area (TPSA) is 38.3 Å². The lowest BCUT2D eigenvalue weighted by Crippen LogP contribution is -2.15. The van der Waals surface area contributed by atoms with Gasteiger partial charge in [-0.1, -0.05) is 6.92 Å². The Morgan fingerprint density at radius 2 is 2.71 bits per heavy atom. The van der Waals surface area contributed by atoms with Gasteiger partial charge in [-0.2, -0.15) is 0 Å². The summed E-state index contributed by atoms with van der Waals surface area (Å²) in [6.45, 7) is 2.33. The molecule has 1 fully saturated rings. The summed E-state index contributed by atoms with van der Waals surface area (Å²) in [7, 11) is 0. The molecule has 1 rings (SSSR count). The molecule has 1 aliphatic rings. The monoisotopic (exact) mass is 101 g/mol. The lowest BCUT2D eigenvalue weighted by atomic mass is 10.2. The molecule has 1 heterocycles. The molecule has 0 aliphatic carbocycles. The fourth-order valence-electron chi connectivity index (χ4n) is 0.414. The zero-order valence-electron chi connectivity index (χ0n) is 4.10. The Bertz CT molecular complexity index is 91.7. The quantitative estimate of drug-likeness (QED) is 0.454. The van der Waals surface area contributed by atoms with Gasteiger partial charge in [0.2, 0.25) is 5.91 Å². The van der Waals surface area contributed by atoms with Crippen molar-refractivity contribution in [3.8, 4) is 0 Å². The molecule has 0 aromatic heterocycles. The molecule has 0 spiro atoms. The minimum absolute atomic E-state index is 0.0139. The summed E-state index contributed by atoms with van der Waals surface area (Å²) in [5.74, 6) is 0.0278. The van der Waals surface area contributed by atoms with Gasteiger partial charge in [0.15, 0.2) is 0 Å². The molecule has 0 radical (unpaired) electrons. The number of amides is 1. The van der Waals surface area contributed by atoms with Gasteiger partial charge >= 0.3 is 0 Å². The number of hydroxylamine groups is 1. The van der Waals surface area contributed by atoms with E-state index in [1.165, 1.54) is 0 Å². The molecular formula is C4H7NO2. The second-order valence-corrected chi connectivity index (χ2v) is 1.68. The lowest BCUT2D eigenvalue weighted by molar-refractivity contribution is -0.125. The smallest absolute Gasteiger partial charge is 0.248 e. The summed E-state index contributed by atoms with van der Waals surface area (Å²) in [5, 5.41) is 0. The van der Waals surface area contributed by atoms with E-state index < -0.39 is 0 Å². The van der Waals surface area contributed by atoms with Gasteiger partial charge in [-0.15, -0.1) is 0 Å². The summed E-state index contributed by atoms with van der Waals surface area (Å²) in [6, 6.07) is 0. The molecule has 0 aromatic rings. The van der Waals surface area contributed by atoms with Crippen molar-refractivity contribution in [1.82, 2.24) is 5.48 Å². The fourth-order valence-corrected chi connectivity index (χ4v) is 0.414. The van der Waals surface area contributed by atoms with Gasteiger partial charge < -0.3 is 0 Å². The number of carbonyl (C=O) groups is 1. The number of carbonyl (C=O) groups excluding carboxylic acids is 1. The number of hydrogen-bond donors (Lipinski definition) is 1. The molecule has 1 N–H and O–H groups in total. The van der Waals surface area contributed by atoms with E-state index in [4.69, 9.17) is 0 Å². The number of rotatable bonds is 0. The van der Waals surface area contributed by atoms with Crippen LogP contribution in [0.4, 0.5) is 0 Å². The molecule has 1 atom stereocenters. The van der Waals surface area contributed by atoms with E-state index in [-0.39, 0.29) is 11.8 Å². The van der Waals surface area contributed by atoms with Crippen LogP contribution in [0.15, 0.2) is 0 Å². The highest BCUT2D eigenvalue weighted by molar-refractivity contribution is 5.78. The maximum Gasteiger partial charge on any atom is 0.248 e. The van der Waals surface area contributed by atoms with Gasteiger partial charge in [-0.25, -0.2) is 5.48 Å². The van der Waals surface area contributed by atoms with Crippen LogP contribution in [0.25, 0.3) is 0 Å². The molecule has 1 aliphatic heterocycles. The zero-order valence-corrected chi connectivity index (χ0v) is 4.10. The summed E-state index contributed by atoms with van der Waals surface area (Å²) in [4.78, 5) is 14.9. The Morgan fingerprint density at radius 1 is 2.00 bits per heavy atom. The Morgan fingerprint density at radius 3 is 2.86 bits per heavy atom. The third kappa shape index (κ3) is 0.718. The van der Waals surface area contributed by atoms with Crippen molar-refractivity contribution in [3.63, 3.8) is 0 Å². The normalized spacial score (nSPS) is 30.4. The van der Waals surface area contributed by atoms with E-state index in [2.05, 4.69) is 10.3 Å². The lowest BCUT2D eigenvalue weighted by Gasteiger charge is -1.86. The van der Waals surface area contributed by atoms with E-state index >= 15 is 0 Å². The Hall–Kier alpha value is -0.570. The Balaban J connectivity index is 2.48. The van der Waals surface area contributed by atoms with E-state index in [1.807, 2.05) is 6.92 Å². The van der Waals surface area contributed by atoms with Gasteiger partial charge in [0.05, 0.1) is 12.5 Å². The van der Waals surface area contributed by atoms with Crippen molar-refractivity contribution >= 4 is 5.91 Å². The fraction of sp³-hybridized carbons (Fsp3) is 0.750. The Labute approximate surface area is 41.6 Å². The Kier molecular flexibility index (Phi) is 0.982. The van der Waals surface area contributed by atoms with Gasteiger partial charge in [-0.05, 0) is 0 Å². The molecule has 0 bridgehead atoms. The van der Waals surface area contributed by atoms with Gasteiger partial charge in [0.25, 0.3) is 0 Å². The SMILES string of the molecule is C[C@@H]1CONC1=O. The minimum Gasteiger partial charge on any atom is -0.273 e. The van der Waals surface area contributed by atoms with Crippen LogP contribution < -0.4 is 5.48 Å². The molecular weight excluding hydrogens is 94.0 g/mol. The van der Waals surface area contributed by atoms with Crippen molar-refractivity contribution in [2.75, 3.05) is 6.61 Å². The molecule has 7 heavy (non-hydrogen) atoms. The third-order valence-corrected chi connectivity index (χ3v) is 0.954. The number of nitrogens with one attached hydrogen (secondary N) is 1. The van der Waals surface area contributed by atoms with Crippen LogP contribution >= 0.6 is 0 Å². The van der Waals surface area contributed by atoms with Crippen LogP contribution in [0.3, 0.4) is 0 Å². The van der Waals surface area contributed by atoms with Crippen LogP contribution in [-0.2, 0) is 9.63 Å². The molecule has 0 aromatic carbocycles. The first-order valence-electron chi connectivity index (χ1n) is 2.22. The van der Waals surface area contributed by atoms with E-state index in [0.29, 0.717) is 6.61 Å². The molecule has 0 saturated carbocycles. The van der Waals surface area contributed by atoms with Crippen molar-refractivity contribution in [2.45, 2.75) is 6.92 Å². The summed E-state index contributed by atoms with van der Waals surface area (Å²) < 4.78 is 0. The highest BCUT2D eigenvalue weighted by atomic mass is 16.7. The first-order valence-corrected chi connectivity index (χ1v) is 2.22. The highest BCUT2D eigenvalue weighted by Gasteiger charge is 2.19. The van der Waals surface area contributed by atoms with Gasteiger partial charge in [0.1, 0.15) is 0 Å². The summed E-state index contributed by atoms with van der Waals surface area (Å²) >= 11 is 0. The zero-order chi connectivity index (χ0) is 5.28. The van der Waals surface area contributed by atoms with E-state index in [1.54, 1.807) is 0 Å². The molecule has 1 amide bonds. The predicted octanol–water partition coefficient (Wildman–Crippen LogP) is -0.316. The van der Waals surface area contributed by atoms with Crippen LogP contribution in [0.1, 0.15) is 6.92 Å². The molecule has 3 heteroatoms. The van der Waals surface area contributed by atoms with Crippen LogP contribution in [0.5, 0.6) is 0 Å². The first-order chi connectivity index (χ1) is 3.30. The third-order valence-electron chi connectivity index (χ3n) is 0.954. The van der Waals surface area contributed by atoms with E-state index in [9.17, 15) is 4.79 Å².